The molecular formula is C19H19N5O3S. The van der Waals surface area contributed by atoms with Crippen molar-refractivity contribution in [3.05, 3.63) is 63.4 Å². The Morgan fingerprint density at radius 3 is 2.75 bits per heavy atom. The number of aromatic nitrogens is 2. The van der Waals surface area contributed by atoms with Crippen molar-refractivity contribution in [1.82, 2.24) is 15.3 Å². The second kappa shape index (κ2) is 8.13. The van der Waals surface area contributed by atoms with Crippen LogP contribution >= 0.6 is 11.3 Å². The number of carbonyl (C=O) groups is 1. The molecule has 0 bridgehead atoms. The minimum absolute atomic E-state index is 0.000243. The van der Waals surface area contributed by atoms with Crippen molar-refractivity contribution < 1.29 is 9.72 Å². The van der Waals surface area contributed by atoms with Gasteiger partial charge in [0.05, 0.1) is 15.5 Å². The van der Waals surface area contributed by atoms with Gasteiger partial charge >= 0.3 is 0 Å². The lowest BCUT2D eigenvalue weighted by molar-refractivity contribution is -0.384. The summed E-state index contributed by atoms with van der Waals surface area (Å²) in [5, 5.41) is 17.3. The van der Waals surface area contributed by atoms with E-state index < -0.39 is 4.92 Å². The van der Waals surface area contributed by atoms with Crippen LogP contribution in [0.2, 0.25) is 0 Å². The van der Waals surface area contributed by atoms with Crippen molar-refractivity contribution in [3.63, 3.8) is 0 Å². The molecule has 0 fully saturated rings. The fourth-order valence-corrected chi connectivity index (χ4v) is 3.54. The summed E-state index contributed by atoms with van der Waals surface area (Å²) < 4.78 is 0. The Hall–Kier alpha value is -3.33. The van der Waals surface area contributed by atoms with Crippen molar-refractivity contribution in [2.45, 2.75) is 26.8 Å². The van der Waals surface area contributed by atoms with Crippen LogP contribution < -0.4 is 10.6 Å². The topological polar surface area (TPSA) is 110 Å². The number of benzene rings is 1. The predicted molar refractivity (Wildman–Crippen MR) is 109 cm³/mol. The number of non-ortho nitro benzene ring substituents is 1. The zero-order valence-electron chi connectivity index (χ0n) is 15.6. The van der Waals surface area contributed by atoms with Gasteiger partial charge in [-0.1, -0.05) is 6.07 Å². The molecule has 0 aliphatic carbocycles. The van der Waals surface area contributed by atoms with E-state index in [1.54, 1.807) is 18.3 Å². The van der Waals surface area contributed by atoms with Crippen LogP contribution in [0.1, 0.15) is 29.3 Å². The molecule has 0 aliphatic rings. The first-order valence-electron chi connectivity index (χ1n) is 8.59. The van der Waals surface area contributed by atoms with Gasteiger partial charge < -0.3 is 10.6 Å². The molecule has 0 saturated heterocycles. The van der Waals surface area contributed by atoms with E-state index in [0.29, 0.717) is 16.5 Å². The smallest absolute Gasteiger partial charge is 0.280 e. The largest absolute Gasteiger partial charge is 0.348 e. The van der Waals surface area contributed by atoms with Crippen LogP contribution in [0.25, 0.3) is 10.4 Å². The van der Waals surface area contributed by atoms with Crippen molar-refractivity contribution in [3.8, 4) is 10.4 Å². The number of nitro groups is 1. The van der Waals surface area contributed by atoms with E-state index in [1.165, 1.54) is 23.5 Å². The third kappa shape index (κ3) is 4.49. The molecule has 0 spiro atoms. The number of carbonyl (C=O) groups excluding carboxylic acids is 1. The Balaban J connectivity index is 1.86. The van der Waals surface area contributed by atoms with Gasteiger partial charge in [0.25, 0.3) is 11.6 Å². The molecule has 2 aromatic heterocycles. The third-order valence-electron chi connectivity index (χ3n) is 3.76. The zero-order valence-corrected chi connectivity index (χ0v) is 16.4. The normalized spacial score (nSPS) is 10.7. The minimum atomic E-state index is -0.445. The van der Waals surface area contributed by atoms with Gasteiger partial charge in [-0.05, 0) is 44.5 Å². The van der Waals surface area contributed by atoms with Gasteiger partial charge in [0.1, 0.15) is 5.82 Å². The standard InChI is InChI=1S/C19H19N5O3S/c1-11(2)21-18(25)19-22-12(3)17(28-19)13-7-8-20-16(9-13)23-14-5-4-6-15(10-14)24(26)27/h4-11H,1-3H3,(H,20,23)(H,21,25). The molecule has 1 aromatic carbocycles. The van der Waals surface area contributed by atoms with Crippen LogP contribution in [0.5, 0.6) is 0 Å². The average molecular weight is 397 g/mol. The molecule has 1 amide bonds. The van der Waals surface area contributed by atoms with Crippen LogP contribution in [0.3, 0.4) is 0 Å². The van der Waals surface area contributed by atoms with Gasteiger partial charge in [-0.25, -0.2) is 9.97 Å². The first kappa shape index (κ1) is 19.4. The van der Waals surface area contributed by atoms with Gasteiger partial charge in [-0.2, -0.15) is 0 Å². The molecule has 9 heteroatoms. The summed E-state index contributed by atoms with van der Waals surface area (Å²) in [5.41, 5.74) is 2.19. The molecule has 2 N–H and O–H groups in total. The fraction of sp³-hybridized carbons (Fsp3) is 0.211. The van der Waals surface area contributed by atoms with Gasteiger partial charge in [-0.15, -0.1) is 11.3 Å². The molecule has 0 atom stereocenters. The van der Waals surface area contributed by atoms with E-state index in [0.717, 1.165) is 16.1 Å². The van der Waals surface area contributed by atoms with Crippen LogP contribution in [-0.2, 0) is 0 Å². The number of nitro benzene ring substituents is 1. The van der Waals surface area contributed by atoms with Crippen LogP contribution in [0, 0.1) is 17.0 Å². The lowest BCUT2D eigenvalue weighted by Gasteiger charge is -2.07. The number of thiazole rings is 1. The Labute approximate surface area is 165 Å². The van der Waals surface area contributed by atoms with Crippen LogP contribution in [0.4, 0.5) is 17.2 Å². The van der Waals surface area contributed by atoms with E-state index in [-0.39, 0.29) is 17.6 Å². The highest BCUT2D eigenvalue weighted by Gasteiger charge is 2.17. The maximum Gasteiger partial charge on any atom is 0.280 e. The molecule has 28 heavy (non-hydrogen) atoms. The lowest BCUT2D eigenvalue weighted by atomic mass is 10.2. The number of hydrogen-bond acceptors (Lipinski definition) is 7. The summed E-state index contributed by atoms with van der Waals surface area (Å²) in [6, 6.07) is 9.91. The zero-order chi connectivity index (χ0) is 20.3. The quantitative estimate of drug-likeness (QED) is 0.474. The van der Waals surface area contributed by atoms with Crippen LogP contribution in [0.15, 0.2) is 42.6 Å². The number of hydrogen-bond donors (Lipinski definition) is 2. The first-order chi connectivity index (χ1) is 13.3. The number of aryl methyl sites for hydroxylation is 1. The first-order valence-corrected chi connectivity index (χ1v) is 9.41. The highest BCUT2D eigenvalue weighted by atomic mass is 32.1. The molecule has 0 saturated carbocycles. The molecule has 3 aromatic rings. The number of amides is 1. The van der Waals surface area contributed by atoms with Crippen LogP contribution in [-0.4, -0.2) is 26.8 Å². The molecular weight excluding hydrogens is 378 g/mol. The summed E-state index contributed by atoms with van der Waals surface area (Å²) in [5.74, 6) is 0.345. The van der Waals surface area contributed by atoms with E-state index in [2.05, 4.69) is 20.6 Å². The van der Waals surface area contributed by atoms with E-state index in [4.69, 9.17) is 0 Å². The molecule has 0 radical (unpaired) electrons. The van der Waals surface area contributed by atoms with Gasteiger partial charge in [0.2, 0.25) is 0 Å². The van der Waals surface area contributed by atoms with Crippen molar-refractivity contribution in [1.29, 1.82) is 0 Å². The third-order valence-corrected chi connectivity index (χ3v) is 4.97. The van der Waals surface area contributed by atoms with Crippen molar-refractivity contribution >= 4 is 34.4 Å². The second-order valence-electron chi connectivity index (χ2n) is 6.42. The molecule has 3 rings (SSSR count). The molecule has 2 heterocycles. The van der Waals surface area contributed by atoms with Gasteiger partial charge in [0, 0.05) is 30.1 Å². The number of rotatable bonds is 6. The lowest BCUT2D eigenvalue weighted by Crippen LogP contribution is -2.29. The van der Waals surface area contributed by atoms with Gasteiger partial charge in [-0.3, -0.25) is 14.9 Å². The predicted octanol–water partition coefficient (Wildman–Crippen LogP) is 4.30. The highest BCUT2D eigenvalue weighted by molar-refractivity contribution is 7.17. The number of nitrogens with one attached hydrogen (secondary N) is 2. The minimum Gasteiger partial charge on any atom is -0.348 e. The maximum absolute atomic E-state index is 12.2. The summed E-state index contributed by atoms with van der Waals surface area (Å²) in [6.45, 7) is 5.65. The Kier molecular flexibility index (Phi) is 5.65. The summed E-state index contributed by atoms with van der Waals surface area (Å²) in [4.78, 5) is 32.2. The number of nitrogens with zero attached hydrogens (tertiary/aromatic N) is 3. The molecule has 8 nitrogen and oxygen atoms in total. The SMILES string of the molecule is Cc1nc(C(=O)NC(C)C)sc1-c1ccnc(Nc2cccc([N+](=O)[O-])c2)c1. The summed E-state index contributed by atoms with van der Waals surface area (Å²) >= 11 is 1.32. The fourth-order valence-electron chi connectivity index (χ4n) is 2.57. The summed E-state index contributed by atoms with van der Waals surface area (Å²) in [6.07, 6.45) is 1.64. The number of pyridine rings is 1. The van der Waals surface area contributed by atoms with E-state index in [9.17, 15) is 14.9 Å². The maximum atomic E-state index is 12.2. The molecule has 0 aliphatic heterocycles. The van der Waals surface area contributed by atoms with Gasteiger partial charge in [0.15, 0.2) is 5.01 Å². The van der Waals surface area contributed by atoms with E-state index in [1.807, 2.05) is 32.9 Å². The Morgan fingerprint density at radius 1 is 1.25 bits per heavy atom. The monoisotopic (exact) mass is 397 g/mol. The van der Waals surface area contributed by atoms with E-state index >= 15 is 0 Å². The number of anilines is 2. The van der Waals surface area contributed by atoms with Crippen molar-refractivity contribution in [2.24, 2.45) is 0 Å². The summed E-state index contributed by atoms with van der Waals surface area (Å²) in [7, 11) is 0. The Bertz CT molecular complexity index is 1030. The average Bonchev–Trinajstić information content (AvgIpc) is 3.03. The molecule has 0 unspecified atom stereocenters. The Morgan fingerprint density at radius 2 is 2.04 bits per heavy atom. The van der Waals surface area contributed by atoms with Crippen molar-refractivity contribution in [2.75, 3.05) is 5.32 Å². The second-order valence-corrected chi connectivity index (χ2v) is 7.42. The highest BCUT2D eigenvalue weighted by Crippen LogP contribution is 2.31. The molecule has 144 valence electrons.